The number of para-hydroxylation sites is 2. The summed E-state index contributed by atoms with van der Waals surface area (Å²) in [5.41, 5.74) is 3.58. The lowest BCUT2D eigenvalue weighted by atomic mass is 9.93. The van der Waals surface area contributed by atoms with E-state index in [1.54, 1.807) is 30.3 Å². The largest absolute Gasteiger partial charge is 0.503 e. The van der Waals surface area contributed by atoms with Gasteiger partial charge in [0, 0.05) is 16.6 Å². The number of carbonyl (C=O) groups is 2. The predicted octanol–water partition coefficient (Wildman–Crippen LogP) is 5.84. The van der Waals surface area contributed by atoms with Gasteiger partial charge in [0.25, 0.3) is 5.91 Å². The number of furan rings is 1. The van der Waals surface area contributed by atoms with Crippen LogP contribution in [0.5, 0.6) is 5.75 Å². The van der Waals surface area contributed by atoms with E-state index in [4.69, 9.17) is 9.15 Å². The molecule has 1 N–H and O–H groups in total. The summed E-state index contributed by atoms with van der Waals surface area (Å²) in [6.45, 7) is 3.86. The molecule has 2 heterocycles. The summed E-state index contributed by atoms with van der Waals surface area (Å²) in [7, 11) is 1.53. The minimum Gasteiger partial charge on any atom is -0.503 e. The minimum atomic E-state index is -0.897. The number of amides is 1. The Hall–Kier alpha value is -4.32. The first-order valence-electron chi connectivity index (χ1n) is 10.9. The van der Waals surface area contributed by atoms with Crippen LogP contribution in [0.3, 0.4) is 0 Å². The molecule has 0 saturated carbocycles. The van der Waals surface area contributed by atoms with Crippen LogP contribution in [0.1, 0.15) is 33.3 Å². The van der Waals surface area contributed by atoms with Crippen LogP contribution in [0.25, 0.3) is 11.0 Å². The predicted molar refractivity (Wildman–Crippen MR) is 129 cm³/mol. The molecule has 1 aliphatic rings. The van der Waals surface area contributed by atoms with Gasteiger partial charge < -0.3 is 14.3 Å². The fourth-order valence-corrected chi connectivity index (χ4v) is 4.57. The normalized spacial score (nSPS) is 15.9. The summed E-state index contributed by atoms with van der Waals surface area (Å²) in [6.07, 6.45) is 0. The molecule has 0 bridgehead atoms. The number of benzene rings is 3. The summed E-state index contributed by atoms with van der Waals surface area (Å²) < 4.78 is 11.4. The van der Waals surface area contributed by atoms with Crippen LogP contribution < -0.4 is 9.64 Å². The Bertz CT molecular complexity index is 1450. The fourth-order valence-electron chi connectivity index (χ4n) is 4.57. The maximum Gasteiger partial charge on any atom is 0.294 e. The highest BCUT2D eigenvalue weighted by molar-refractivity contribution is 6.21. The van der Waals surface area contributed by atoms with E-state index in [2.05, 4.69) is 0 Å². The number of ether oxygens (including phenoxy) is 1. The summed E-state index contributed by atoms with van der Waals surface area (Å²) >= 11 is 0. The van der Waals surface area contributed by atoms with Gasteiger partial charge in [-0.05, 0) is 43.7 Å². The molecular formula is C28H23NO5. The first-order chi connectivity index (χ1) is 16.4. The molecule has 0 fully saturated rings. The van der Waals surface area contributed by atoms with Crippen molar-refractivity contribution in [2.24, 2.45) is 0 Å². The summed E-state index contributed by atoms with van der Waals surface area (Å²) in [5, 5.41) is 11.8. The first-order valence-corrected chi connectivity index (χ1v) is 10.9. The van der Waals surface area contributed by atoms with Gasteiger partial charge in [0.2, 0.25) is 5.78 Å². The number of aryl methyl sites for hydroxylation is 2. The van der Waals surface area contributed by atoms with Gasteiger partial charge in [-0.1, -0.05) is 54.1 Å². The van der Waals surface area contributed by atoms with E-state index in [-0.39, 0.29) is 11.3 Å². The molecular weight excluding hydrogens is 430 g/mol. The lowest BCUT2D eigenvalue weighted by Crippen LogP contribution is -2.32. The Morgan fingerprint density at radius 2 is 1.74 bits per heavy atom. The zero-order valence-corrected chi connectivity index (χ0v) is 19.0. The molecule has 1 aliphatic heterocycles. The monoisotopic (exact) mass is 453 g/mol. The number of fused-ring (bicyclic) bond motifs is 1. The van der Waals surface area contributed by atoms with Crippen LogP contribution in [0.4, 0.5) is 5.69 Å². The summed E-state index contributed by atoms with van der Waals surface area (Å²) in [5.74, 6) is -1.24. The summed E-state index contributed by atoms with van der Waals surface area (Å²) in [6, 6.07) is 20.8. The van der Waals surface area contributed by atoms with E-state index in [1.165, 1.54) is 12.0 Å². The zero-order chi connectivity index (χ0) is 24.0. The highest BCUT2D eigenvalue weighted by Crippen LogP contribution is 2.45. The molecule has 170 valence electrons. The molecule has 0 radical (unpaired) electrons. The molecule has 1 aromatic heterocycles. The molecule has 3 aromatic carbocycles. The van der Waals surface area contributed by atoms with Gasteiger partial charge >= 0.3 is 0 Å². The van der Waals surface area contributed by atoms with Gasteiger partial charge in [0.1, 0.15) is 11.3 Å². The van der Waals surface area contributed by atoms with Crippen molar-refractivity contribution in [3.63, 3.8) is 0 Å². The Kier molecular flexibility index (Phi) is 5.21. The highest BCUT2D eigenvalue weighted by Gasteiger charge is 2.46. The van der Waals surface area contributed by atoms with Gasteiger partial charge in [-0.15, -0.1) is 0 Å². The molecule has 0 spiro atoms. The van der Waals surface area contributed by atoms with Crippen molar-refractivity contribution in [3.8, 4) is 5.75 Å². The number of Topliss-reactive ketones (excluding diaryl/α,β-unsaturated/α-hetero) is 1. The zero-order valence-electron chi connectivity index (χ0n) is 19.0. The third-order valence-electron chi connectivity index (χ3n) is 6.15. The number of hydrogen-bond acceptors (Lipinski definition) is 5. The van der Waals surface area contributed by atoms with Crippen molar-refractivity contribution in [2.75, 3.05) is 12.0 Å². The molecule has 5 rings (SSSR count). The smallest absolute Gasteiger partial charge is 0.294 e. The van der Waals surface area contributed by atoms with E-state index in [1.807, 2.05) is 56.3 Å². The van der Waals surface area contributed by atoms with Crippen LogP contribution in [0.15, 0.2) is 88.5 Å². The Morgan fingerprint density at radius 1 is 1.00 bits per heavy atom. The maximum absolute atomic E-state index is 13.7. The fraction of sp³-hybridized carbons (Fsp3) is 0.143. The van der Waals surface area contributed by atoms with E-state index < -0.39 is 23.5 Å². The Balaban J connectivity index is 1.71. The van der Waals surface area contributed by atoms with Crippen molar-refractivity contribution >= 4 is 28.3 Å². The van der Waals surface area contributed by atoms with Crippen molar-refractivity contribution in [3.05, 3.63) is 107 Å². The number of rotatable bonds is 5. The number of hydrogen-bond donors (Lipinski definition) is 1. The molecule has 1 atom stereocenters. The van der Waals surface area contributed by atoms with Crippen LogP contribution in [0.2, 0.25) is 0 Å². The van der Waals surface area contributed by atoms with E-state index in [0.717, 1.165) is 16.5 Å². The van der Waals surface area contributed by atoms with Crippen molar-refractivity contribution in [2.45, 2.75) is 19.9 Å². The molecule has 0 aliphatic carbocycles. The van der Waals surface area contributed by atoms with Crippen LogP contribution in [0, 0.1) is 13.8 Å². The molecule has 1 unspecified atom stereocenters. The maximum atomic E-state index is 13.7. The van der Waals surface area contributed by atoms with Crippen LogP contribution >= 0.6 is 0 Å². The lowest BCUT2D eigenvalue weighted by Gasteiger charge is -2.29. The first kappa shape index (κ1) is 21.5. The quantitative estimate of drug-likeness (QED) is 0.384. The summed E-state index contributed by atoms with van der Waals surface area (Å²) in [4.78, 5) is 28.6. The minimum absolute atomic E-state index is 0.0477. The van der Waals surface area contributed by atoms with Crippen LogP contribution in [-0.4, -0.2) is 23.9 Å². The van der Waals surface area contributed by atoms with E-state index >= 15 is 0 Å². The number of anilines is 1. The van der Waals surface area contributed by atoms with Crippen molar-refractivity contribution in [1.29, 1.82) is 0 Å². The second-order valence-corrected chi connectivity index (χ2v) is 8.35. The second kappa shape index (κ2) is 8.23. The molecule has 1 amide bonds. The second-order valence-electron chi connectivity index (χ2n) is 8.35. The molecule has 6 nitrogen and oxygen atoms in total. The number of carbonyl (C=O) groups excluding carboxylic acids is 2. The van der Waals surface area contributed by atoms with E-state index in [0.29, 0.717) is 22.6 Å². The molecule has 6 heteroatoms. The number of methoxy groups -OCH3 is 1. The van der Waals surface area contributed by atoms with Gasteiger partial charge in [-0.3, -0.25) is 14.5 Å². The average molecular weight is 453 g/mol. The topological polar surface area (TPSA) is 80.0 Å². The Labute approximate surface area is 196 Å². The van der Waals surface area contributed by atoms with Crippen molar-refractivity contribution in [1.82, 2.24) is 0 Å². The third kappa shape index (κ3) is 3.35. The molecule has 34 heavy (non-hydrogen) atoms. The van der Waals surface area contributed by atoms with E-state index in [9.17, 15) is 14.7 Å². The van der Waals surface area contributed by atoms with Gasteiger partial charge in [0.15, 0.2) is 11.5 Å². The molecule has 4 aromatic rings. The number of aliphatic hydroxyl groups is 1. The van der Waals surface area contributed by atoms with Crippen LogP contribution in [-0.2, 0) is 4.79 Å². The van der Waals surface area contributed by atoms with Gasteiger partial charge in [-0.2, -0.15) is 0 Å². The SMILES string of the molecule is COc1ccccc1C1C(C(=O)c2cc3ccccc3o2)=C(O)C(=O)N1c1ccc(C)cc1C. The Morgan fingerprint density at radius 3 is 2.47 bits per heavy atom. The number of nitrogens with zero attached hydrogens (tertiary/aromatic N) is 1. The van der Waals surface area contributed by atoms with Gasteiger partial charge in [0.05, 0.1) is 18.7 Å². The van der Waals surface area contributed by atoms with Gasteiger partial charge in [-0.25, -0.2) is 0 Å². The number of ketones is 1. The standard InChI is InChI=1S/C28H23NO5/c1-16-12-13-20(17(2)14-16)29-25(19-9-5-7-11-22(19)33-3)24(27(31)28(29)32)26(30)23-15-18-8-4-6-10-21(18)34-23/h4-15,25,31H,1-3H3. The average Bonchev–Trinajstić information content (AvgIpc) is 3.38. The third-order valence-corrected chi connectivity index (χ3v) is 6.15. The van der Waals surface area contributed by atoms with Crippen molar-refractivity contribution < 1.29 is 23.8 Å². The highest BCUT2D eigenvalue weighted by atomic mass is 16.5. The number of aliphatic hydroxyl groups excluding tert-OH is 1. The molecule has 0 saturated heterocycles. The lowest BCUT2D eigenvalue weighted by molar-refractivity contribution is -0.117.